The predicted molar refractivity (Wildman–Crippen MR) is 97.6 cm³/mol. The molecule has 3 unspecified atom stereocenters. The minimum atomic E-state index is -0.522. The average Bonchev–Trinajstić information content (AvgIpc) is 3.18. The minimum Gasteiger partial charge on any atom is -0.444 e. The largest absolute Gasteiger partial charge is 0.444 e. The van der Waals surface area contributed by atoms with Crippen molar-refractivity contribution in [2.45, 2.75) is 57.7 Å². The van der Waals surface area contributed by atoms with Gasteiger partial charge in [0.2, 0.25) is 0 Å². The van der Waals surface area contributed by atoms with Crippen LogP contribution in [-0.4, -0.2) is 37.0 Å². The maximum atomic E-state index is 12.9. The van der Waals surface area contributed by atoms with E-state index in [0.717, 1.165) is 30.6 Å². The third kappa shape index (κ3) is 2.81. The number of halogens is 2. The zero-order chi connectivity index (χ0) is 17.9. The van der Waals surface area contributed by atoms with Crippen LogP contribution in [0.15, 0.2) is 17.0 Å². The van der Waals surface area contributed by atoms with Gasteiger partial charge in [0.25, 0.3) is 0 Å². The van der Waals surface area contributed by atoms with E-state index in [4.69, 9.17) is 16.3 Å². The minimum absolute atomic E-state index is 0.106. The molecule has 4 rings (SSSR count). The topological polar surface area (TPSA) is 59.7 Å². The summed E-state index contributed by atoms with van der Waals surface area (Å²) in [5, 5.41) is 0.389. The molecule has 2 bridgehead atoms. The van der Waals surface area contributed by atoms with Crippen LogP contribution in [0, 0.1) is 5.92 Å². The number of amides is 1. The number of hydrogen-bond acceptors (Lipinski definition) is 4. The second-order valence-corrected chi connectivity index (χ2v) is 8.87. The molecular weight excluding hydrogens is 408 g/mol. The molecule has 3 heterocycles. The lowest BCUT2D eigenvalue weighted by Gasteiger charge is -2.35. The molecular formula is C17H20BrClN4O2. The average molecular weight is 428 g/mol. The van der Waals surface area contributed by atoms with Crippen LogP contribution in [0.3, 0.4) is 0 Å². The van der Waals surface area contributed by atoms with Crippen molar-refractivity contribution < 1.29 is 9.53 Å². The molecule has 0 aromatic carbocycles. The van der Waals surface area contributed by atoms with Gasteiger partial charge in [0.05, 0.1) is 6.04 Å². The summed E-state index contributed by atoms with van der Waals surface area (Å²) < 4.78 is 8.25. The molecule has 1 aliphatic heterocycles. The van der Waals surface area contributed by atoms with Crippen molar-refractivity contribution in [3.8, 4) is 0 Å². The van der Waals surface area contributed by atoms with Crippen LogP contribution in [0.25, 0.3) is 5.52 Å². The predicted octanol–water partition coefficient (Wildman–Crippen LogP) is 4.61. The molecule has 1 aliphatic carbocycles. The number of likely N-dealkylation sites (tertiary alicyclic amines) is 1. The monoisotopic (exact) mass is 426 g/mol. The summed E-state index contributed by atoms with van der Waals surface area (Å²) in [5.41, 5.74) is 0.206. The van der Waals surface area contributed by atoms with E-state index in [1.807, 2.05) is 36.3 Å². The standard InChI is InChI=1S/C17H20BrClN4O2/c1-17(2,3)25-16(24)23-10-5-4-9(8-10)11(23)15-21-13(18)12-14(19)20-6-7-22(12)15/h6-7,9-11H,4-5,8H2,1-3H3. The molecule has 2 aromatic heterocycles. The van der Waals surface area contributed by atoms with Crippen molar-refractivity contribution in [2.24, 2.45) is 5.92 Å². The summed E-state index contributed by atoms with van der Waals surface area (Å²) in [6, 6.07) is 0.110. The summed E-state index contributed by atoms with van der Waals surface area (Å²) in [5.74, 6) is 1.20. The van der Waals surface area contributed by atoms with E-state index in [9.17, 15) is 4.79 Å². The number of carbonyl (C=O) groups is 1. The van der Waals surface area contributed by atoms with Crippen molar-refractivity contribution >= 4 is 39.1 Å². The smallest absolute Gasteiger partial charge is 0.411 e. The SMILES string of the molecule is CC(C)(C)OC(=O)N1C2CCC(C2)C1c1nc(Br)c2c(Cl)nccn12. The molecule has 0 spiro atoms. The highest BCUT2D eigenvalue weighted by atomic mass is 79.9. The molecule has 1 amide bonds. The Morgan fingerprint density at radius 2 is 2.16 bits per heavy atom. The highest BCUT2D eigenvalue weighted by Gasteiger charge is 2.51. The fourth-order valence-corrected chi connectivity index (χ4v) is 5.00. The molecule has 2 fully saturated rings. The van der Waals surface area contributed by atoms with Crippen molar-refractivity contribution in [1.82, 2.24) is 19.3 Å². The molecule has 134 valence electrons. The van der Waals surface area contributed by atoms with Crippen LogP contribution in [-0.2, 0) is 4.74 Å². The lowest BCUT2D eigenvalue weighted by Crippen LogP contribution is -2.43. The quantitative estimate of drug-likeness (QED) is 0.667. The van der Waals surface area contributed by atoms with E-state index in [1.165, 1.54) is 0 Å². The van der Waals surface area contributed by atoms with Crippen LogP contribution in [0.2, 0.25) is 5.15 Å². The molecule has 6 nitrogen and oxygen atoms in total. The summed E-state index contributed by atoms with van der Waals surface area (Å²) in [6.45, 7) is 5.67. The number of fused-ring (bicyclic) bond motifs is 3. The Morgan fingerprint density at radius 3 is 2.88 bits per heavy atom. The number of ether oxygens (including phenoxy) is 1. The molecule has 2 aliphatic rings. The van der Waals surface area contributed by atoms with Gasteiger partial charge < -0.3 is 4.74 Å². The van der Waals surface area contributed by atoms with E-state index in [2.05, 4.69) is 25.9 Å². The first-order chi connectivity index (χ1) is 11.8. The lowest BCUT2D eigenvalue weighted by atomic mass is 9.98. The number of rotatable bonds is 1. The highest BCUT2D eigenvalue weighted by molar-refractivity contribution is 9.10. The number of imidazole rings is 1. The Labute approximate surface area is 159 Å². The van der Waals surface area contributed by atoms with Crippen LogP contribution in [0.1, 0.15) is 51.9 Å². The number of piperidine rings is 1. The number of aromatic nitrogens is 3. The normalized spacial score (nSPS) is 25.8. The third-order valence-corrected chi connectivity index (χ3v) is 5.78. The van der Waals surface area contributed by atoms with Gasteiger partial charge in [-0.1, -0.05) is 11.6 Å². The zero-order valence-electron chi connectivity index (χ0n) is 14.4. The molecule has 1 saturated heterocycles. The summed E-state index contributed by atoms with van der Waals surface area (Å²) in [6.07, 6.45) is 6.34. The van der Waals surface area contributed by atoms with E-state index >= 15 is 0 Å². The van der Waals surface area contributed by atoms with Crippen LogP contribution in [0.4, 0.5) is 4.79 Å². The van der Waals surface area contributed by atoms with Crippen molar-refractivity contribution in [2.75, 3.05) is 0 Å². The Balaban J connectivity index is 1.78. The van der Waals surface area contributed by atoms with Gasteiger partial charge in [-0.05, 0) is 61.9 Å². The molecule has 0 N–H and O–H groups in total. The maximum absolute atomic E-state index is 12.9. The van der Waals surface area contributed by atoms with Gasteiger partial charge in [-0.25, -0.2) is 14.8 Å². The summed E-state index contributed by atoms with van der Waals surface area (Å²) in [7, 11) is 0. The van der Waals surface area contributed by atoms with Gasteiger partial charge >= 0.3 is 6.09 Å². The number of nitrogens with zero attached hydrogens (tertiary/aromatic N) is 4. The van der Waals surface area contributed by atoms with Crippen LogP contribution >= 0.6 is 27.5 Å². The number of hydrogen-bond donors (Lipinski definition) is 0. The van der Waals surface area contributed by atoms with Gasteiger partial charge in [-0.3, -0.25) is 9.30 Å². The Morgan fingerprint density at radius 1 is 1.40 bits per heavy atom. The molecule has 0 radical (unpaired) electrons. The second-order valence-electron chi connectivity index (χ2n) is 7.76. The number of carbonyl (C=O) groups excluding carboxylic acids is 1. The zero-order valence-corrected chi connectivity index (χ0v) is 16.7. The molecule has 3 atom stereocenters. The first-order valence-electron chi connectivity index (χ1n) is 8.45. The third-order valence-electron chi connectivity index (χ3n) is 4.95. The van der Waals surface area contributed by atoms with Crippen molar-refractivity contribution in [3.05, 3.63) is 28.0 Å². The molecule has 1 saturated carbocycles. The van der Waals surface area contributed by atoms with Gasteiger partial charge in [0.15, 0.2) is 5.15 Å². The van der Waals surface area contributed by atoms with E-state index in [-0.39, 0.29) is 18.2 Å². The van der Waals surface area contributed by atoms with Gasteiger partial charge in [0, 0.05) is 18.4 Å². The Kier molecular flexibility index (Phi) is 3.99. The van der Waals surface area contributed by atoms with Crippen LogP contribution < -0.4 is 0 Å². The second kappa shape index (κ2) is 5.84. The maximum Gasteiger partial charge on any atom is 0.411 e. The highest BCUT2D eigenvalue weighted by Crippen LogP contribution is 2.51. The van der Waals surface area contributed by atoms with Gasteiger partial charge in [-0.15, -0.1) is 0 Å². The summed E-state index contributed by atoms with van der Waals surface area (Å²) in [4.78, 5) is 23.6. The van der Waals surface area contributed by atoms with Gasteiger partial charge in [0.1, 0.15) is 21.5 Å². The summed E-state index contributed by atoms with van der Waals surface area (Å²) >= 11 is 9.72. The fourth-order valence-electron chi connectivity index (χ4n) is 4.09. The molecule has 8 heteroatoms. The molecule has 25 heavy (non-hydrogen) atoms. The first kappa shape index (κ1) is 17.1. The first-order valence-corrected chi connectivity index (χ1v) is 9.62. The van der Waals surface area contributed by atoms with Crippen LogP contribution in [0.5, 0.6) is 0 Å². The Bertz CT molecular complexity index is 847. The van der Waals surface area contributed by atoms with Gasteiger partial charge in [-0.2, -0.15) is 0 Å². The van der Waals surface area contributed by atoms with E-state index in [1.54, 1.807) is 6.20 Å². The molecule has 2 aromatic rings. The van der Waals surface area contributed by atoms with Crippen molar-refractivity contribution in [3.63, 3.8) is 0 Å². The van der Waals surface area contributed by atoms with Crippen molar-refractivity contribution in [1.29, 1.82) is 0 Å². The Hall–Kier alpha value is -1.34. The van der Waals surface area contributed by atoms with E-state index in [0.29, 0.717) is 15.7 Å². The fraction of sp³-hybridized carbons (Fsp3) is 0.588. The lowest BCUT2D eigenvalue weighted by molar-refractivity contribution is 0.00604. The van der Waals surface area contributed by atoms with E-state index < -0.39 is 5.60 Å².